The molecule has 0 unspecified atom stereocenters. The van der Waals surface area contributed by atoms with Gasteiger partial charge < -0.3 is 10.1 Å². The number of esters is 1. The van der Waals surface area contributed by atoms with Gasteiger partial charge in [0.05, 0.1) is 5.69 Å². The van der Waals surface area contributed by atoms with Gasteiger partial charge in [0.2, 0.25) is 0 Å². The molecule has 0 saturated heterocycles. The first-order valence-electron chi connectivity index (χ1n) is 10.1. The Morgan fingerprint density at radius 1 is 1.03 bits per heavy atom. The van der Waals surface area contributed by atoms with E-state index in [1.54, 1.807) is 22.5 Å². The zero-order valence-corrected chi connectivity index (χ0v) is 18.5. The van der Waals surface area contributed by atoms with Crippen LogP contribution in [0.1, 0.15) is 10.4 Å². The van der Waals surface area contributed by atoms with Gasteiger partial charge >= 0.3 is 5.97 Å². The van der Waals surface area contributed by atoms with Gasteiger partial charge in [0.25, 0.3) is 5.91 Å². The number of halogens is 1. The van der Waals surface area contributed by atoms with Crippen molar-refractivity contribution in [3.63, 3.8) is 0 Å². The highest BCUT2D eigenvalue weighted by Crippen LogP contribution is 2.25. The summed E-state index contributed by atoms with van der Waals surface area (Å²) in [6.45, 7) is -0.457. The Labute approximate surface area is 194 Å². The molecule has 3 aromatic carbocycles. The smallest absolute Gasteiger partial charge is 0.342 e. The number of thioether (sulfide) groups is 1. The molecule has 1 N–H and O–H groups in total. The van der Waals surface area contributed by atoms with Crippen molar-refractivity contribution >= 4 is 29.3 Å². The van der Waals surface area contributed by atoms with Crippen LogP contribution in [0.5, 0.6) is 0 Å². The molecule has 0 fully saturated rings. The Kier molecular flexibility index (Phi) is 6.85. The van der Waals surface area contributed by atoms with E-state index in [0.717, 1.165) is 10.6 Å². The van der Waals surface area contributed by atoms with E-state index in [2.05, 4.69) is 10.4 Å². The number of carbonyl (C=O) groups excluding carboxylic acids is 2. The second-order valence-electron chi connectivity index (χ2n) is 7.03. The maximum atomic E-state index is 13.4. The van der Waals surface area contributed by atoms with Gasteiger partial charge in [-0.3, -0.25) is 4.79 Å². The zero-order valence-electron chi connectivity index (χ0n) is 17.7. The fourth-order valence-electron chi connectivity index (χ4n) is 3.16. The van der Waals surface area contributed by atoms with Crippen molar-refractivity contribution in [3.8, 4) is 16.9 Å². The second kappa shape index (κ2) is 10.1. The van der Waals surface area contributed by atoms with Crippen LogP contribution >= 0.6 is 11.8 Å². The molecular formula is C25H20FN3O3S. The largest absolute Gasteiger partial charge is 0.452 e. The third-order valence-corrected chi connectivity index (χ3v) is 5.49. The van der Waals surface area contributed by atoms with Crippen molar-refractivity contribution in [1.82, 2.24) is 9.78 Å². The minimum atomic E-state index is -0.704. The number of amides is 1. The molecular weight excluding hydrogens is 441 g/mol. The number of rotatable bonds is 7. The Morgan fingerprint density at radius 3 is 2.52 bits per heavy atom. The number of benzene rings is 3. The van der Waals surface area contributed by atoms with Crippen molar-refractivity contribution in [2.75, 3.05) is 18.2 Å². The van der Waals surface area contributed by atoms with Crippen LogP contribution in [0, 0.1) is 5.82 Å². The van der Waals surface area contributed by atoms with Crippen molar-refractivity contribution < 1.29 is 18.7 Å². The molecule has 0 saturated carbocycles. The first-order chi connectivity index (χ1) is 16.0. The third-order valence-electron chi connectivity index (χ3n) is 4.76. The highest BCUT2D eigenvalue weighted by atomic mass is 32.2. The van der Waals surface area contributed by atoms with Gasteiger partial charge in [-0.1, -0.05) is 24.3 Å². The van der Waals surface area contributed by atoms with E-state index in [1.165, 1.54) is 30.5 Å². The summed E-state index contributed by atoms with van der Waals surface area (Å²) >= 11 is 1.56. The lowest BCUT2D eigenvalue weighted by Crippen LogP contribution is -2.21. The molecule has 33 heavy (non-hydrogen) atoms. The molecule has 1 amide bonds. The van der Waals surface area contributed by atoms with Crippen molar-refractivity contribution in [2.45, 2.75) is 4.90 Å². The summed E-state index contributed by atoms with van der Waals surface area (Å²) in [5.41, 5.74) is 2.41. The summed E-state index contributed by atoms with van der Waals surface area (Å²) in [4.78, 5) is 26.2. The maximum absolute atomic E-state index is 13.4. The Morgan fingerprint density at radius 2 is 1.79 bits per heavy atom. The van der Waals surface area contributed by atoms with Crippen molar-refractivity contribution in [3.05, 3.63) is 96.4 Å². The first-order valence-corrected chi connectivity index (χ1v) is 11.3. The maximum Gasteiger partial charge on any atom is 0.342 e. The molecule has 4 rings (SSSR count). The number of para-hydroxylation sites is 1. The summed E-state index contributed by atoms with van der Waals surface area (Å²) in [6, 6.07) is 22.3. The Balaban J connectivity index is 1.53. The zero-order chi connectivity index (χ0) is 23.2. The molecule has 0 aliphatic carbocycles. The second-order valence-corrected chi connectivity index (χ2v) is 7.91. The fraction of sp³-hybridized carbons (Fsp3) is 0.0800. The molecule has 8 heteroatoms. The number of carbonyl (C=O) groups is 2. The van der Waals surface area contributed by atoms with Gasteiger partial charge in [-0.15, -0.1) is 11.8 Å². The summed E-state index contributed by atoms with van der Waals surface area (Å²) < 4.78 is 20.2. The van der Waals surface area contributed by atoms with E-state index >= 15 is 0 Å². The predicted octanol–water partition coefficient (Wildman–Crippen LogP) is 5.20. The number of ether oxygens (including phenoxy) is 1. The highest BCUT2D eigenvalue weighted by Gasteiger charge is 2.21. The van der Waals surface area contributed by atoms with Crippen molar-refractivity contribution in [2.24, 2.45) is 0 Å². The first kappa shape index (κ1) is 22.3. The molecule has 0 bridgehead atoms. The van der Waals surface area contributed by atoms with Gasteiger partial charge in [0, 0.05) is 22.3 Å². The molecule has 166 valence electrons. The van der Waals surface area contributed by atoms with E-state index in [0.29, 0.717) is 16.9 Å². The minimum absolute atomic E-state index is 0.169. The van der Waals surface area contributed by atoms with E-state index in [1.807, 2.05) is 54.8 Å². The lowest BCUT2D eigenvalue weighted by atomic mass is 10.1. The molecule has 0 radical (unpaired) electrons. The van der Waals surface area contributed by atoms with Crippen LogP contribution in [0.2, 0.25) is 0 Å². The Bertz CT molecular complexity index is 1270. The highest BCUT2D eigenvalue weighted by molar-refractivity contribution is 7.98. The number of nitrogens with zero attached hydrogens (tertiary/aromatic N) is 2. The van der Waals surface area contributed by atoms with Crippen LogP contribution < -0.4 is 5.32 Å². The average Bonchev–Trinajstić information content (AvgIpc) is 3.29. The fourth-order valence-corrected chi connectivity index (χ4v) is 3.62. The van der Waals surface area contributed by atoms with Crippen LogP contribution in [0.4, 0.5) is 10.1 Å². The van der Waals surface area contributed by atoms with Crippen LogP contribution in [-0.2, 0) is 9.53 Å². The van der Waals surface area contributed by atoms with Gasteiger partial charge in [0.15, 0.2) is 6.61 Å². The Hall–Kier alpha value is -3.91. The van der Waals surface area contributed by atoms with Crippen molar-refractivity contribution in [1.29, 1.82) is 0 Å². The third kappa shape index (κ3) is 5.48. The van der Waals surface area contributed by atoms with Gasteiger partial charge in [-0.2, -0.15) is 5.10 Å². The molecule has 0 spiro atoms. The minimum Gasteiger partial charge on any atom is -0.452 e. The van der Waals surface area contributed by atoms with Crippen LogP contribution in [0.3, 0.4) is 0 Å². The van der Waals surface area contributed by atoms with Crippen LogP contribution in [0.15, 0.2) is 90.0 Å². The summed E-state index contributed by atoms with van der Waals surface area (Å²) in [5, 5.41) is 7.22. The molecule has 6 nitrogen and oxygen atoms in total. The lowest BCUT2D eigenvalue weighted by Gasteiger charge is -2.08. The van der Waals surface area contributed by atoms with Gasteiger partial charge in [-0.05, 0) is 60.9 Å². The molecule has 1 aromatic heterocycles. The summed E-state index contributed by atoms with van der Waals surface area (Å²) in [6.07, 6.45) is 3.48. The van der Waals surface area contributed by atoms with Gasteiger partial charge in [-0.25, -0.2) is 13.9 Å². The number of nitrogens with one attached hydrogen (secondary N) is 1. The number of hydrogen-bond acceptors (Lipinski definition) is 5. The molecule has 0 aliphatic heterocycles. The van der Waals surface area contributed by atoms with Gasteiger partial charge in [0.1, 0.15) is 17.1 Å². The van der Waals surface area contributed by atoms with Crippen LogP contribution in [0.25, 0.3) is 16.9 Å². The topological polar surface area (TPSA) is 73.2 Å². The molecule has 4 aromatic rings. The SMILES string of the molecule is CSc1cccc(NC(=O)COC(=O)c2cn(-c3ccccc3)nc2-c2ccc(F)cc2)c1. The predicted molar refractivity (Wildman–Crippen MR) is 126 cm³/mol. The summed E-state index contributed by atoms with van der Waals surface area (Å²) in [7, 11) is 0. The normalized spacial score (nSPS) is 10.6. The summed E-state index contributed by atoms with van der Waals surface area (Å²) in [5.74, 6) is -1.56. The number of hydrogen-bond donors (Lipinski definition) is 1. The lowest BCUT2D eigenvalue weighted by molar-refractivity contribution is -0.119. The average molecular weight is 462 g/mol. The van der Waals surface area contributed by atoms with E-state index < -0.39 is 24.3 Å². The molecule has 0 atom stereocenters. The standard InChI is InChI=1S/C25H20FN3O3S/c1-33-21-9-5-6-19(14-21)27-23(30)16-32-25(31)22-15-29(20-7-3-2-4-8-20)28-24(22)17-10-12-18(26)13-11-17/h2-15H,16H2,1H3,(H,27,30). The van der Waals surface area contributed by atoms with E-state index in [-0.39, 0.29) is 5.56 Å². The number of anilines is 1. The monoisotopic (exact) mass is 461 g/mol. The number of aromatic nitrogens is 2. The quantitative estimate of drug-likeness (QED) is 0.303. The molecule has 1 heterocycles. The van der Waals surface area contributed by atoms with Crippen LogP contribution in [-0.4, -0.2) is 34.5 Å². The molecule has 0 aliphatic rings. The van der Waals surface area contributed by atoms with E-state index in [4.69, 9.17) is 4.74 Å². The van der Waals surface area contributed by atoms with E-state index in [9.17, 15) is 14.0 Å².